The molecular formula is C16H21ClN4O. The van der Waals surface area contributed by atoms with Crippen LogP contribution in [-0.2, 0) is 12.0 Å². The van der Waals surface area contributed by atoms with Gasteiger partial charge in [-0.2, -0.15) is 0 Å². The van der Waals surface area contributed by atoms with Gasteiger partial charge < -0.3 is 11.1 Å². The fourth-order valence-electron chi connectivity index (χ4n) is 1.78. The van der Waals surface area contributed by atoms with Crippen LogP contribution in [0.5, 0.6) is 0 Å². The van der Waals surface area contributed by atoms with Crippen molar-refractivity contribution in [2.45, 2.75) is 32.7 Å². The van der Waals surface area contributed by atoms with Crippen LogP contribution in [0, 0.1) is 0 Å². The van der Waals surface area contributed by atoms with Gasteiger partial charge in [0, 0.05) is 17.5 Å². The predicted molar refractivity (Wildman–Crippen MR) is 90.3 cm³/mol. The topological polar surface area (TPSA) is 80.9 Å². The molecule has 1 amide bonds. The molecule has 3 N–H and O–H groups in total. The molecule has 1 aromatic carbocycles. The van der Waals surface area contributed by atoms with Crippen LogP contribution in [0.3, 0.4) is 0 Å². The van der Waals surface area contributed by atoms with E-state index in [4.69, 9.17) is 5.73 Å². The summed E-state index contributed by atoms with van der Waals surface area (Å²) in [6.45, 7) is 6.59. The first-order valence-corrected chi connectivity index (χ1v) is 6.83. The predicted octanol–water partition coefficient (Wildman–Crippen LogP) is 2.91. The Kier molecular flexibility index (Phi) is 6.02. The van der Waals surface area contributed by atoms with Crippen LogP contribution in [0.4, 0.5) is 5.69 Å². The second kappa shape index (κ2) is 7.33. The van der Waals surface area contributed by atoms with Crippen molar-refractivity contribution in [3.8, 4) is 0 Å². The van der Waals surface area contributed by atoms with E-state index in [1.807, 2.05) is 32.9 Å². The molecule has 0 atom stereocenters. The Hall–Kier alpha value is -1.98. The molecule has 0 aliphatic rings. The third-order valence-corrected chi connectivity index (χ3v) is 3.03. The van der Waals surface area contributed by atoms with Gasteiger partial charge in [0.2, 0.25) is 0 Å². The van der Waals surface area contributed by atoms with Crippen LogP contribution < -0.4 is 11.1 Å². The lowest BCUT2D eigenvalue weighted by Gasteiger charge is -2.16. The molecular weight excluding hydrogens is 300 g/mol. The second-order valence-corrected chi connectivity index (χ2v) is 5.90. The maximum absolute atomic E-state index is 12.1. The number of halogens is 1. The van der Waals surface area contributed by atoms with E-state index in [9.17, 15) is 4.79 Å². The van der Waals surface area contributed by atoms with Crippen molar-refractivity contribution in [1.82, 2.24) is 9.97 Å². The van der Waals surface area contributed by atoms with Crippen LogP contribution >= 0.6 is 12.4 Å². The van der Waals surface area contributed by atoms with Gasteiger partial charge in [0.1, 0.15) is 5.82 Å². The van der Waals surface area contributed by atoms with Gasteiger partial charge in [0.15, 0.2) is 0 Å². The molecule has 0 radical (unpaired) electrons. The smallest absolute Gasteiger partial charge is 0.255 e. The SMILES string of the molecule is CC(C)(C)c1ncc(NC(=O)c2ccc(CN)cc2)cn1.Cl. The Morgan fingerprint density at radius 3 is 2.14 bits per heavy atom. The lowest BCUT2D eigenvalue weighted by atomic mass is 9.96. The van der Waals surface area contributed by atoms with Gasteiger partial charge in [-0.1, -0.05) is 32.9 Å². The molecule has 5 nitrogen and oxygen atoms in total. The van der Waals surface area contributed by atoms with Gasteiger partial charge in [0.05, 0.1) is 18.1 Å². The highest BCUT2D eigenvalue weighted by Gasteiger charge is 2.17. The number of aromatic nitrogens is 2. The van der Waals surface area contributed by atoms with E-state index in [0.717, 1.165) is 11.4 Å². The Morgan fingerprint density at radius 2 is 1.68 bits per heavy atom. The summed E-state index contributed by atoms with van der Waals surface area (Å²) in [6, 6.07) is 7.19. The van der Waals surface area contributed by atoms with Gasteiger partial charge in [0.25, 0.3) is 5.91 Å². The van der Waals surface area contributed by atoms with Gasteiger partial charge in [-0.05, 0) is 17.7 Å². The summed E-state index contributed by atoms with van der Waals surface area (Å²) in [6.07, 6.45) is 3.25. The number of carbonyl (C=O) groups is 1. The molecule has 118 valence electrons. The monoisotopic (exact) mass is 320 g/mol. The van der Waals surface area contributed by atoms with Crippen molar-refractivity contribution >= 4 is 24.0 Å². The molecule has 0 unspecified atom stereocenters. The first-order valence-electron chi connectivity index (χ1n) is 6.83. The summed E-state index contributed by atoms with van der Waals surface area (Å²) in [5.74, 6) is 0.554. The third kappa shape index (κ3) is 4.51. The molecule has 6 heteroatoms. The zero-order valence-electron chi connectivity index (χ0n) is 13.0. The van der Waals surface area contributed by atoms with E-state index in [2.05, 4.69) is 15.3 Å². The van der Waals surface area contributed by atoms with Crippen LogP contribution in [0.2, 0.25) is 0 Å². The fourth-order valence-corrected chi connectivity index (χ4v) is 1.78. The molecule has 0 aliphatic heterocycles. The zero-order chi connectivity index (χ0) is 15.5. The van der Waals surface area contributed by atoms with E-state index in [1.54, 1.807) is 24.5 Å². The average molecular weight is 321 g/mol. The summed E-state index contributed by atoms with van der Waals surface area (Å²) in [7, 11) is 0. The summed E-state index contributed by atoms with van der Waals surface area (Å²) < 4.78 is 0. The Balaban J connectivity index is 0.00000242. The highest BCUT2D eigenvalue weighted by atomic mass is 35.5. The number of amides is 1. The molecule has 2 rings (SSSR count). The van der Waals surface area contributed by atoms with Gasteiger partial charge >= 0.3 is 0 Å². The first-order chi connectivity index (χ1) is 9.90. The normalized spacial score (nSPS) is 10.7. The first kappa shape index (κ1) is 18.1. The maximum Gasteiger partial charge on any atom is 0.255 e. The van der Waals surface area contributed by atoms with E-state index >= 15 is 0 Å². The molecule has 22 heavy (non-hydrogen) atoms. The number of nitrogens with one attached hydrogen (secondary N) is 1. The molecule has 0 spiro atoms. The molecule has 0 saturated heterocycles. The largest absolute Gasteiger partial charge is 0.326 e. The number of nitrogens with zero attached hydrogens (tertiary/aromatic N) is 2. The van der Waals surface area contributed by atoms with E-state index in [0.29, 0.717) is 17.8 Å². The summed E-state index contributed by atoms with van der Waals surface area (Å²) >= 11 is 0. The number of nitrogens with two attached hydrogens (primary N) is 1. The van der Waals surface area contributed by atoms with E-state index in [1.165, 1.54) is 0 Å². The number of hydrogen-bond acceptors (Lipinski definition) is 4. The number of rotatable bonds is 3. The Morgan fingerprint density at radius 1 is 1.14 bits per heavy atom. The summed E-state index contributed by atoms with van der Waals surface area (Å²) in [5.41, 5.74) is 7.57. The second-order valence-electron chi connectivity index (χ2n) is 5.90. The van der Waals surface area contributed by atoms with Crippen molar-refractivity contribution < 1.29 is 4.79 Å². The lowest BCUT2D eigenvalue weighted by Crippen LogP contribution is -2.17. The van der Waals surface area contributed by atoms with Crippen LogP contribution in [0.15, 0.2) is 36.7 Å². The average Bonchev–Trinajstić information content (AvgIpc) is 2.47. The Bertz CT molecular complexity index is 618. The minimum atomic E-state index is -0.189. The van der Waals surface area contributed by atoms with Gasteiger partial charge in [-0.25, -0.2) is 9.97 Å². The Labute approximate surface area is 136 Å². The van der Waals surface area contributed by atoms with Crippen molar-refractivity contribution in [3.05, 3.63) is 53.6 Å². The molecule has 0 saturated carbocycles. The van der Waals surface area contributed by atoms with Gasteiger partial charge in [-0.15, -0.1) is 12.4 Å². The lowest BCUT2D eigenvalue weighted by molar-refractivity contribution is 0.102. The van der Waals surface area contributed by atoms with Crippen LogP contribution in [0.25, 0.3) is 0 Å². The van der Waals surface area contributed by atoms with Crippen molar-refractivity contribution in [3.63, 3.8) is 0 Å². The third-order valence-electron chi connectivity index (χ3n) is 3.03. The number of benzene rings is 1. The van der Waals surface area contributed by atoms with Crippen LogP contribution in [0.1, 0.15) is 42.5 Å². The van der Waals surface area contributed by atoms with Crippen LogP contribution in [-0.4, -0.2) is 15.9 Å². The highest BCUT2D eigenvalue weighted by molar-refractivity contribution is 6.04. The summed E-state index contributed by atoms with van der Waals surface area (Å²) in [4.78, 5) is 20.7. The van der Waals surface area contributed by atoms with Crippen molar-refractivity contribution in [2.75, 3.05) is 5.32 Å². The molecule has 0 bridgehead atoms. The fraction of sp³-hybridized carbons (Fsp3) is 0.312. The summed E-state index contributed by atoms with van der Waals surface area (Å²) in [5, 5.41) is 2.78. The number of anilines is 1. The minimum Gasteiger partial charge on any atom is -0.326 e. The standard InChI is InChI=1S/C16H20N4O.ClH/c1-16(2,3)15-18-9-13(10-19-15)20-14(21)12-6-4-11(8-17)5-7-12;/h4-7,9-10H,8,17H2,1-3H3,(H,20,21);1H. The quantitative estimate of drug-likeness (QED) is 0.911. The van der Waals surface area contributed by atoms with E-state index < -0.39 is 0 Å². The van der Waals surface area contributed by atoms with E-state index in [-0.39, 0.29) is 23.7 Å². The molecule has 2 aromatic rings. The number of hydrogen-bond donors (Lipinski definition) is 2. The van der Waals surface area contributed by atoms with Gasteiger partial charge in [-0.3, -0.25) is 4.79 Å². The minimum absolute atomic E-state index is 0. The van der Waals surface area contributed by atoms with Crippen molar-refractivity contribution in [2.24, 2.45) is 5.73 Å². The molecule has 0 aliphatic carbocycles. The maximum atomic E-state index is 12.1. The molecule has 1 heterocycles. The number of carbonyl (C=O) groups excluding carboxylic acids is 1. The molecule has 0 fully saturated rings. The van der Waals surface area contributed by atoms with Crippen molar-refractivity contribution in [1.29, 1.82) is 0 Å². The molecule has 1 aromatic heterocycles. The highest BCUT2D eigenvalue weighted by Crippen LogP contribution is 2.18. The zero-order valence-corrected chi connectivity index (χ0v) is 13.8.